The predicted molar refractivity (Wildman–Crippen MR) is 120 cm³/mol. The lowest BCUT2D eigenvalue weighted by molar-refractivity contribution is -0.120. The van der Waals surface area contributed by atoms with E-state index in [2.05, 4.69) is 20.5 Å². The van der Waals surface area contributed by atoms with Crippen molar-refractivity contribution in [1.29, 1.82) is 0 Å². The highest BCUT2D eigenvalue weighted by molar-refractivity contribution is 14.0. The van der Waals surface area contributed by atoms with Crippen LogP contribution in [0.4, 0.5) is 0 Å². The van der Waals surface area contributed by atoms with Crippen LogP contribution in [0.15, 0.2) is 29.3 Å². The summed E-state index contributed by atoms with van der Waals surface area (Å²) < 4.78 is 5.12. The van der Waals surface area contributed by atoms with Gasteiger partial charge in [-0.1, -0.05) is 12.1 Å². The molecule has 0 aliphatic carbocycles. The van der Waals surface area contributed by atoms with Crippen molar-refractivity contribution in [3.63, 3.8) is 0 Å². The summed E-state index contributed by atoms with van der Waals surface area (Å²) >= 11 is 0. The summed E-state index contributed by atoms with van der Waals surface area (Å²) in [6.45, 7) is 2.16. The third-order valence-electron chi connectivity index (χ3n) is 4.58. The number of piperidine rings is 1. The maximum absolute atomic E-state index is 12.1. The first-order valence-corrected chi connectivity index (χ1v) is 9.15. The molecule has 1 aliphatic rings. The molecule has 0 saturated carbocycles. The van der Waals surface area contributed by atoms with Crippen molar-refractivity contribution in [3.05, 3.63) is 29.8 Å². The van der Waals surface area contributed by atoms with E-state index in [9.17, 15) is 9.59 Å². The number of rotatable bonds is 7. The van der Waals surface area contributed by atoms with Gasteiger partial charge in [-0.3, -0.25) is 14.6 Å². The summed E-state index contributed by atoms with van der Waals surface area (Å²) in [5.41, 5.74) is 6.31. The molecule has 1 heterocycles. The molecule has 156 valence electrons. The van der Waals surface area contributed by atoms with Gasteiger partial charge in [0.1, 0.15) is 5.75 Å². The number of guanidine groups is 1. The number of carbonyl (C=O) groups is 2. The number of methoxy groups -OCH3 is 1. The van der Waals surface area contributed by atoms with Gasteiger partial charge in [-0.15, -0.1) is 24.0 Å². The highest BCUT2D eigenvalue weighted by Crippen LogP contribution is 2.19. The Hall–Kier alpha value is -2.04. The zero-order valence-electron chi connectivity index (χ0n) is 16.4. The fraction of sp³-hybridized carbons (Fsp3) is 0.526. The van der Waals surface area contributed by atoms with E-state index in [0.717, 1.165) is 37.2 Å². The van der Waals surface area contributed by atoms with E-state index in [1.807, 2.05) is 24.3 Å². The van der Waals surface area contributed by atoms with Crippen LogP contribution in [0.5, 0.6) is 5.75 Å². The van der Waals surface area contributed by atoms with E-state index in [1.54, 1.807) is 14.2 Å². The Labute approximate surface area is 183 Å². The highest BCUT2D eigenvalue weighted by Gasteiger charge is 2.23. The van der Waals surface area contributed by atoms with Gasteiger partial charge in [0.2, 0.25) is 11.8 Å². The van der Waals surface area contributed by atoms with E-state index >= 15 is 0 Å². The number of ether oxygens (including phenoxy) is 1. The summed E-state index contributed by atoms with van der Waals surface area (Å²) in [4.78, 5) is 29.6. The number of hydrogen-bond acceptors (Lipinski definition) is 4. The second-order valence-corrected chi connectivity index (χ2v) is 6.65. The van der Waals surface area contributed by atoms with Crippen LogP contribution in [-0.2, 0) is 16.1 Å². The second kappa shape index (κ2) is 12.4. The molecule has 1 saturated heterocycles. The molecule has 2 rings (SSSR count). The van der Waals surface area contributed by atoms with E-state index in [1.165, 1.54) is 0 Å². The Balaban J connectivity index is 0.00000392. The van der Waals surface area contributed by atoms with Crippen LogP contribution in [-0.4, -0.2) is 56.5 Å². The summed E-state index contributed by atoms with van der Waals surface area (Å²) in [5.74, 6) is 1.30. The Kier molecular flexibility index (Phi) is 10.6. The first-order chi connectivity index (χ1) is 13.0. The predicted octanol–water partition coefficient (Wildman–Crippen LogP) is 1.09. The van der Waals surface area contributed by atoms with E-state index in [4.69, 9.17) is 10.5 Å². The molecule has 1 atom stereocenters. The monoisotopic (exact) mass is 503 g/mol. The van der Waals surface area contributed by atoms with Gasteiger partial charge in [0.25, 0.3) is 0 Å². The summed E-state index contributed by atoms with van der Waals surface area (Å²) in [6.07, 6.45) is 2.34. The van der Waals surface area contributed by atoms with E-state index in [0.29, 0.717) is 18.9 Å². The van der Waals surface area contributed by atoms with E-state index < -0.39 is 0 Å². The number of amides is 2. The number of likely N-dealkylation sites (tertiary alicyclic amines) is 1. The molecule has 1 unspecified atom stereocenters. The van der Waals surface area contributed by atoms with Crippen LogP contribution in [0.25, 0.3) is 0 Å². The van der Waals surface area contributed by atoms with E-state index in [-0.39, 0.29) is 48.3 Å². The molecule has 0 spiro atoms. The molecule has 0 radical (unpaired) electrons. The Morgan fingerprint density at radius 2 is 2.00 bits per heavy atom. The molecule has 1 aliphatic heterocycles. The van der Waals surface area contributed by atoms with Crippen molar-refractivity contribution in [2.24, 2.45) is 16.6 Å². The van der Waals surface area contributed by atoms with Gasteiger partial charge in [0.05, 0.1) is 13.7 Å². The van der Waals surface area contributed by atoms with Crippen LogP contribution in [0, 0.1) is 5.92 Å². The van der Waals surface area contributed by atoms with Gasteiger partial charge in [0, 0.05) is 33.1 Å². The first-order valence-electron chi connectivity index (χ1n) is 9.15. The lowest BCUT2D eigenvalue weighted by Gasteiger charge is -2.34. The Bertz CT molecular complexity index is 666. The van der Waals surface area contributed by atoms with Crippen molar-refractivity contribution in [2.75, 3.05) is 33.8 Å². The van der Waals surface area contributed by atoms with Crippen LogP contribution in [0.3, 0.4) is 0 Å². The summed E-state index contributed by atoms with van der Waals surface area (Å²) in [7, 11) is 3.31. The van der Waals surface area contributed by atoms with Crippen LogP contribution in [0.1, 0.15) is 24.8 Å². The molecule has 1 aromatic rings. The molecule has 9 heteroatoms. The SMILES string of the molecule is CN=C(NCC(=O)NCc1ccc(OC)cc1)N1CCCC(CC(N)=O)C1.I. The Morgan fingerprint density at radius 3 is 2.61 bits per heavy atom. The number of nitrogens with zero attached hydrogens (tertiary/aromatic N) is 2. The summed E-state index contributed by atoms with van der Waals surface area (Å²) in [6, 6.07) is 7.55. The molecule has 28 heavy (non-hydrogen) atoms. The fourth-order valence-electron chi connectivity index (χ4n) is 3.21. The maximum Gasteiger partial charge on any atom is 0.239 e. The molecule has 2 amide bonds. The largest absolute Gasteiger partial charge is 0.497 e. The Morgan fingerprint density at radius 1 is 1.29 bits per heavy atom. The smallest absolute Gasteiger partial charge is 0.239 e. The molecule has 0 bridgehead atoms. The lowest BCUT2D eigenvalue weighted by Crippen LogP contribution is -2.49. The van der Waals surface area contributed by atoms with Crippen molar-refractivity contribution >= 4 is 41.8 Å². The van der Waals surface area contributed by atoms with Crippen molar-refractivity contribution in [1.82, 2.24) is 15.5 Å². The zero-order chi connectivity index (χ0) is 19.6. The van der Waals surface area contributed by atoms with Gasteiger partial charge in [-0.2, -0.15) is 0 Å². The number of primary amides is 1. The van der Waals surface area contributed by atoms with Crippen molar-refractivity contribution in [2.45, 2.75) is 25.8 Å². The topological polar surface area (TPSA) is 109 Å². The normalized spacial score (nSPS) is 16.7. The van der Waals surface area contributed by atoms with Gasteiger partial charge < -0.3 is 26.0 Å². The highest BCUT2D eigenvalue weighted by atomic mass is 127. The number of benzene rings is 1. The minimum absolute atomic E-state index is 0. The number of halogens is 1. The number of aliphatic imine (C=N–C) groups is 1. The molecular formula is C19H30IN5O3. The zero-order valence-corrected chi connectivity index (χ0v) is 18.8. The standard InChI is InChI=1S/C19H29N5O3.HI/c1-21-19(24-9-3-4-15(13-24)10-17(20)25)23-12-18(26)22-11-14-5-7-16(27-2)8-6-14;/h5-8,15H,3-4,9-13H2,1-2H3,(H2,20,25)(H,21,23)(H,22,26);1H. The molecular weight excluding hydrogens is 473 g/mol. The minimum Gasteiger partial charge on any atom is -0.497 e. The van der Waals surface area contributed by atoms with Gasteiger partial charge in [-0.25, -0.2) is 0 Å². The van der Waals surface area contributed by atoms with Gasteiger partial charge in [0.15, 0.2) is 5.96 Å². The van der Waals surface area contributed by atoms with Gasteiger partial charge >= 0.3 is 0 Å². The third-order valence-corrected chi connectivity index (χ3v) is 4.58. The van der Waals surface area contributed by atoms with Crippen LogP contribution < -0.4 is 21.1 Å². The average molecular weight is 503 g/mol. The molecule has 1 aromatic carbocycles. The number of nitrogens with one attached hydrogen (secondary N) is 2. The van der Waals surface area contributed by atoms with Crippen LogP contribution >= 0.6 is 24.0 Å². The first kappa shape index (κ1) is 24.0. The molecule has 8 nitrogen and oxygen atoms in total. The fourth-order valence-corrected chi connectivity index (χ4v) is 3.21. The third kappa shape index (κ3) is 7.91. The average Bonchev–Trinajstić information content (AvgIpc) is 2.67. The quantitative estimate of drug-likeness (QED) is 0.293. The summed E-state index contributed by atoms with van der Waals surface area (Å²) in [5, 5.41) is 5.97. The number of carbonyl (C=O) groups excluding carboxylic acids is 2. The minimum atomic E-state index is -0.275. The molecule has 4 N–H and O–H groups in total. The van der Waals surface area contributed by atoms with Crippen molar-refractivity contribution in [3.8, 4) is 5.75 Å². The van der Waals surface area contributed by atoms with Crippen LogP contribution in [0.2, 0.25) is 0 Å². The maximum atomic E-state index is 12.1. The van der Waals surface area contributed by atoms with Crippen molar-refractivity contribution < 1.29 is 14.3 Å². The number of hydrogen-bond donors (Lipinski definition) is 3. The van der Waals surface area contributed by atoms with Gasteiger partial charge in [-0.05, 0) is 36.5 Å². The molecule has 1 fully saturated rings. The second-order valence-electron chi connectivity index (χ2n) is 6.65. The lowest BCUT2D eigenvalue weighted by atomic mass is 9.95. The number of nitrogens with two attached hydrogens (primary N) is 1. The molecule has 0 aromatic heterocycles.